The number of hydrogen-bond donors (Lipinski definition) is 1. The number of carboxylic acids is 1. The molecule has 2 nitrogen and oxygen atoms in total. The van der Waals surface area contributed by atoms with Crippen LogP contribution in [-0.4, -0.2) is 11.1 Å². The molecule has 14 heavy (non-hydrogen) atoms. The minimum Gasteiger partial charge on any atom is -0.478 e. The minimum absolute atomic E-state index is 0.802. The first kappa shape index (κ1) is 10.5. The lowest BCUT2D eigenvalue weighted by Crippen LogP contribution is -1.92. The van der Waals surface area contributed by atoms with E-state index >= 15 is 0 Å². The molecule has 1 rings (SSSR count). The van der Waals surface area contributed by atoms with E-state index in [9.17, 15) is 4.79 Å². The summed E-state index contributed by atoms with van der Waals surface area (Å²) >= 11 is 0. The molecule has 0 atom stereocenters. The first-order chi connectivity index (χ1) is 6.74. The van der Waals surface area contributed by atoms with Crippen LogP contribution in [0.25, 0.3) is 5.57 Å². The highest BCUT2D eigenvalue weighted by Crippen LogP contribution is 2.18. The van der Waals surface area contributed by atoms with Crippen molar-refractivity contribution < 1.29 is 9.90 Å². The van der Waals surface area contributed by atoms with Crippen molar-refractivity contribution in [2.24, 2.45) is 0 Å². The fourth-order valence-corrected chi connectivity index (χ4v) is 1.37. The molecule has 1 aromatic rings. The van der Waals surface area contributed by atoms with Crippen LogP contribution in [0.5, 0.6) is 0 Å². The first-order valence-corrected chi connectivity index (χ1v) is 4.73. The van der Waals surface area contributed by atoms with Crippen LogP contribution in [0.2, 0.25) is 0 Å². The fraction of sp³-hybridized carbons (Fsp3) is 0.250. The quantitative estimate of drug-likeness (QED) is 0.741. The molecule has 0 aliphatic heterocycles. The van der Waals surface area contributed by atoms with Gasteiger partial charge in [-0.25, -0.2) is 4.79 Å². The molecule has 1 N–H and O–H groups in total. The average Bonchev–Trinajstić information content (AvgIpc) is 2.18. The van der Waals surface area contributed by atoms with Crippen molar-refractivity contribution in [3.05, 3.63) is 42.0 Å². The van der Waals surface area contributed by atoms with E-state index in [4.69, 9.17) is 5.11 Å². The van der Waals surface area contributed by atoms with Crippen molar-refractivity contribution in [3.8, 4) is 0 Å². The molecule has 0 aromatic heterocycles. The number of benzene rings is 1. The van der Waals surface area contributed by atoms with Gasteiger partial charge in [0.15, 0.2) is 0 Å². The maximum Gasteiger partial charge on any atom is 0.328 e. The number of hydrogen-bond acceptors (Lipinski definition) is 1. The maximum absolute atomic E-state index is 10.6. The lowest BCUT2D eigenvalue weighted by molar-refractivity contribution is -0.131. The van der Waals surface area contributed by atoms with E-state index in [1.807, 2.05) is 37.3 Å². The van der Waals surface area contributed by atoms with E-state index in [2.05, 4.69) is 0 Å². The van der Waals surface area contributed by atoms with Crippen LogP contribution < -0.4 is 0 Å². The third-order valence-electron chi connectivity index (χ3n) is 1.96. The molecular formula is C12H14O2. The smallest absolute Gasteiger partial charge is 0.328 e. The Kier molecular flexibility index (Phi) is 3.92. The summed E-state index contributed by atoms with van der Waals surface area (Å²) in [4.78, 5) is 10.6. The molecule has 0 amide bonds. The van der Waals surface area contributed by atoms with Gasteiger partial charge in [0.1, 0.15) is 0 Å². The van der Waals surface area contributed by atoms with Crippen LogP contribution in [-0.2, 0) is 4.79 Å². The predicted molar refractivity (Wildman–Crippen MR) is 57.0 cm³/mol. The van der Waals surface area contributed by atoms with Crippen LogP contribution in [0.1, 0.15) is 25.3 Å². The Hall–Kier alpha value is -1.57. The number of aliphatic carboxylic acids is 1. The summed E-state index contributed by atoms with van der Waals surface area (Å²) in [6, 6.07) is 9.63. The maximum atomic E-state index is 10.6. The lowest BCUT2D eigenvalue weighted by atomic mass is 10.0. The molecule has 2 heteroatoms. The summed E-state index contributed by atoms with van der Waals surface area (Å²) in [5, 5.41) is 8.70. The normalized spacial score (nSPS) is 11.4. The molecule has 1 aromatic carbocycles. The Labute approximate surface area is 83.9 Å². The van der Waals surface area contributed by atoms with Gasteiger partial charge in [-0.1, -0.05) is 43.7 Å². The van der Waals surface area contributed by atoms with E-state index in [1.165, 1.54) is 6.08 Å². The van der Waals surface area contributed by atoms with Crippen molar-refractivity contribution in [1.29, 1.82) is 0 Å². The molecule has 74 valence electrons. The Morgan fingerprint density at radius 1 is 1.36 bits per heavy atom. The topological polar surface area (TPSA) is 37.3 Å². The zero-order chi connectivity index (χ0) is 10.4. The van der Waals surface area contributed by atoms with Crippen LogP contribution in [0.4, 0.5) is 0 Å². The van der Waals surface area contributed by atoms with Crippen LogP contribution in [0.3, 0.4) is 0 Å². The summed E-state index contributed by atoms with van der Waals surface area (Å²) in [5.41, 5.74) is 1.89. The lowest BCUT2D eigenvalue weighted by Gasteiger charge is -2.04. The van der Waals surface area contributed by atoms with Gasteiger partial charge >= 0.3 is 5.97 Å². The van der Waals surface area contributed by atoms with Crippen LogP contribution in [0.15, 0.2) is 36.4 Å². The molecule has 0 bridgehead atoms. The van der Waals surface area contributed by atoms with Gasteiger partial charge in [-0.05, 0) is 17.6 Å². The SMILES string of the molecule is CCC/C(=C/C(=O)O)c1ccccc1. The molecular weight excluding hydrogens is 176 g/mol. The van der Waals surface area contributed by atoms with E-state index in [0.29, 0.717) is 0 Å². The zero-order valence-electron chi connectivity index (χ0n) is 8.23. The highest BCUT2D eigenvalue weighted by molar-refractivity contribution is 5.89. The highest BCUT2D eigenvalue weighted by Gasteiger charge is 2.01. The molecule has 0 unspecified atom stereocenters. The Balaban J connectivity index is 2.94. The first-order valence-electron chi connectivity index (χ1n) is 4.73. The highest BCUT2D eigenvalue weighted by atomic mass is 16.4. The van der Waals surface area contributed by atoms with Gasteiger partial charge in [0, 0.05) is 6.08 Å². The Bertz CT molecular complexity index is 325. The standard InChI is InChI=1S/C12H14O2/c1-2-6-11(9-12(13)14)10-7-4-3-5-8-10/h3-5,7-9H,2,6H2,1H3,(H,13,14)/b11-9-. The Morgan fingerprint density at radius 3 is 2.50 bits per heavy atom. The van der Waals surface area contributed by atoms with Gasteiger partial charge in [-0.2, -0.15) is 0 Å². The van der Waals surface area contributed by atoms with Gasteiger partial charge in [0.25, 0.3) is 0 Å². The van der Waals surface area contributed by atoms with Gasteiger partial charge in [-0.15, -0.1) is 0 Å². The third-order valence-corrected chi connectivity index (χ3v) is 1.96. The predicted octanol–water partition coefficient (Wildman–Crippen LogP) is 2.95. The average molecular weight is 190 g/mol. The van der Waals surface area contributed by atoms with Crippen molar-refractivity contribution in [1.82, 2.24) is 0 Å². The summed E-state index contributed by atoms with van der Waals surface area (Å²) in [5.74, 6) is -0.877. The van der Waals surface area contributed by atoms with E-state index in [1.54, 1.807) is 0 Å². The van der Waals surface area contributed by atoms with Crippen LogP contribution in [0, 0.1) is 0 Å². The molecule has 0 heterocycles. The second kappa shape index (κ2) is 5.22. The molecule has 0 spiro atoms. The van der Waals surface area contributed by atoms with Crippen molar-refractivity contribution in [2.75, 3.05) is 0 Å². The Morgan fingerprint density at radius 2 is 2.00 bits per heavy atom. The van der Waals surface area contributed by atoms with Gasteiger partial charge in [0.05, 0.1) is 0 Å². The molecule has 0 saturated heterocycles. The molecule has 0 saturated carbocycles. The van der Waals surface area contributed by atoms with Gasteiger partial charge < -0.3 is 5.11 Å². The monoisotopic (exact) mass is 190 g/mol. The molecule has 0 aliphatic carbocycles. The second-order valence-electron chi connectivity index (χ2n) is 3.12. The number of allylic oxidation sites excluding steroid dienone is 1. The zero-order valence-corrected chi connectivity index (χ0v) is 8.23. The fourth-order valence-electron chi connectivity index (χ4n) is 1.37. The van der Waals surface area contributed by atoms with E-state index < -0.39 is 5.97 Å². The van der Waals surface area contributed by atoms with Crippen LogP contribution >= 0.6 is 0 Å². The largest absolute Gasteiger partial charge is 0.478 e. The van der Waals surface area contributed by atoms with E-state index in [0.717, 1.165) is 24.0 Å². The minimum atomic E-state index is -0.877. The number of carbonyl (C=O) groups is 1. The second-order valence-corrected chi connectivity index (χ2v) is 3.12. The molecule has 0 aliphatic rings. The van der Waals surface area contributed by atoms with Crippen molar-refractivity contribution in [3.63, 3.8) is 0 Å². The van der Waals surface area contributed by atoms with E-state index in [-0.39, 0.29) is 0 Å². The molecule has 0 radical (unpaired) electrons. The third kappa shape index (κ3) is 3.05. The van der Waals surface area contributed by atoms with Gasteiger partial charge in [-0.3, -0.25) is 0 Å². The van der Waals surface area contributed by atoms with Crippen molar-refractivity contribution in [2.45, 2.75) is 19.8 Å². The summed E-state index contributed by atoms with van der Waals surface area (Å²) in [6.45, 7) is 2.04. The van der Waals surface area contributed by atoms with Gasteiger partial charge in [0.2, 0.25) is 0 Å². The number of carboxylic acid groups (broad SMARTS) is 1. The summed E-state index contributed by atoms with van der Waals surface area (Å²) < 4.78 is 0. The van der Waals surface area contributed by atoms with Crippen molar-refractivity contribution >= 4 is 11.5 Å². The number of rotatable bonds is 4. The molecule has 0 fully saturated rings. The summed E-state index contributed by atoms with van der Waals surface area (Å²) in [6.07, 6.45) is 3.04. The summed E-state index contributed by atoms with van der Waals surface area (Å²) in [7, 11) is 0.